The third-order valence-electron chi connectivity index (χ3n) is 4.76. The van der Waals surface area contributed by atoms with Crippen LogP contribution in [0.4, 0.5) is 4.39 Å². The Kier molecular flexibility index (Phi) is 5.15. The zero-order valence-corrected chi connectivity index (χ0v) is 15.7. The van der Waals surface area contributed by atoms with Crippen molar-refractivity contribution in [1.82, 2.24) is 20.2 Å². The van der Waals surface area contributed by atoms with Crippen molar-refractivity contribution < 1.29 is 13.9 Å². The summed E-state index contributed by atoms with van der Waals surface area (Å²) < 4.78 is 19.6. The van der Waals surface area contributed by atoms with E-state index in [0.29, 0.717) is 34.2 Å². The maximum atomic E-state index is 13.8. The van der Waals surface area contributed by atoms with E-state index in [1.165, 1.54) is 30.6 Å². The van der Waals surface area contributed by atoms with Crippen LogP contribution in [0.25, 0.3) is 5.57 Å². The lowest BCUT2D eigenvalue weighted by Crippen LogP contribution is -2.31. The summed E-state index contributed by atoms with van der Waals surface area (Å²) in [6.07, 6.45) is 3.68. The molecule has 1 fully saturated rings. The summed E-state index contributed by atoms with van der Waals surface area (Å²) in [7, 11) is 0. The molecule has 146 valence electrons. The number of aromatic nitrogens is 2. The topological polar surface area (TPSA) is 93.4 Å². The molecule has 3 heterocycles. The minimum absolute atomic E-state index is 0.0897. The van der Waals surface area contributed by atoms with Gasteiger partial charge in [-0.25, -0.2) is 14.4 Å². The van der Waals surface area contributed by atoms with Gasteiger partial charge in [0.25, 0.3) is 5.91 Å². The Bertz CT molecular complexity index is 928. The third-order valence-corrected chi connectivity index (χ3v) is 4.95. The molecule has 7 nitrogen and oxygen atoms in total. The van der Waals surface area contributed by atoms with Crippen LogP contribution in [-0.2, 0) is 0 Å². The van der Waals surface area contributed by atoms with E-state index in [2.05, 4.69) is 15.3 Å². The highest BCUT2D eigenvalue weighted by Gasteiger charge is 2.30. The minimum Gasteiger partial charge on any atom is -0.488 e. The van der Waals surface area contributed by atoms with Crippen LogP contribution in [-0.4, -0.2) is 53.1 Å². The Morgan fingerprint density at radius 2 is 2.11 bits per heavy atom. The number of halogens is 2. The zero-order chi connectivity index (χ0) is 19.7. The van der Waals surface area contributed by atoms with Gasteiger partial charge in [0.05, 0.1) is 23.7 Å². The van der Waals surface area contributed by atoms with Crippen molar-refractivity contribution in [2.75, 3.05) is 26.2 Å². The van der Waals surface area contributed by atoms with Crippen LogP contribution in [0, 0.1) is 5.82 Å². The number of ether oxygens (including phenoxy) is 1. The summed E-state index contributed by atoms with van der Waals surface area (Å²) in [4.78, 5) is 23.0. The number of amides is 1. The molecule has 4 rings (SSSR count). The van der Waals surface area contributed by atoms with Gasteiger partial charge >= 0.3 is 0 Å². The molecule has 0 bridgehead atoms. The minimum atomic E-state index is -0.452. The van der Waals surface area contributed by atoms with Crippen LogP contribution in [0.5, 0.6) is 5.75 Å². The fraction of sp³-hybridized carbons (Fsp3) is 0.316. The number of nitrogens with zero attached hydrogens (tertiary/aromatic N) is 3. The van der Waals surface area contributed by atoms with E-state index in [0.717, 1.165) is 13.0 Å². The number of rotatable bonds is 4. The summed E-state index contributed by atoms with van der Waals surface area (Å²) >= 11 is 5.83. The van der Waals surface area contributed by atoms with E-state index in [-0.39, 0.29) is 30.9 Å². The number of hydrogen-bond donors (Lipinski definition) is 2. The number of nitrogens with one attached hydrogen (secondary N) is 1. The molecule has 28 heavy (non-hydrogen) atoms. The first-order chi connectivity index (χ1) is 13.5. The molecule has 1 amide bonds. The summed E-state index contributed by atoms with van der Waals surface area (Å²) in [6, 6.07) is 3.95. The molecule has 1 saturated heterocycles. The van der Waals surface area contributed by atoms with E-state index in [1.54, 1.807) is 4.90 Å². The Morgan fingerprint density at radius 3 is 2.82 bits per heavy atom. The molecule has 0 unspecified atom stereocenters. The van der Waals surface area contributed by atoms with Gasteiger partial charge in [-0.2, -0.15) is 0 Å². The van der Waals surface area contributed by atoms with Crippen LogP contribution in [0.3, 0.4) is 0 Å². The van der Waals surface area contributed by atoms with Crippen LogP contribution in [0.2, 0.25) is 5.02 Å². The van der Waals surface area contributed by atoms with Gasteiger partial charge in [-0.1, -0.05) is 11.6 Å². The smallest absolute Gasteiger partial charge is 0.258 e. The van der Waals surface area contributed by atoms with Crippen molar-refractivity contribution in [2.24, 2.45) is 5.73 Å². The Labute approximate surface area is 166 Å². The molecule has 0 aliphatic carbocycles. The number of nitrogens with two attached hydrogens (primary N) is 1. The summed E-state index contributed by atoms with van der Waals surface area (Å²) in [5.41, 5.74) is 7.62. The predicted octanol–water partition coefficient (Wildman–Crippen LogP) is 1.84. The second kappa shape index (κ2) is 7.73. The molecule has 1 aromatic heterocycles. The van der Waals surface area contributed by atoms with Gasteiger partial charge < -0.3 is 20.7 Å². The van der Waals surface area contributed by atoms with Gasteiger partial charge in [0, 0.05) is 36.3 Å². The molecule has 2 aromatic rings. The predicted molar refractivity (Wildman–Crippen MR) is 102 cm³/mol. The lowest BCUT2D eigenvalue weighted by molar-refractivity contribution is 0.0792. The van der Waals surface area contributed by atoms with Gasteiger partial charge in [0.15, 0.2) is 5.82 Å². The summed E-state index contributed by atoms with van der Waals surface area (Å²) in [5.74, 6) is -0.0574. The van der Waals surface area contributed by atoms with Crippen LogP contribution in [0.1, 0.15) is 22.6 Å². The Hall–Kier alpha value is -2.71. The Balaban J connectivity index is 1.54. The Morgan fingerprint density at radius 1 is 1.32 bits per heavy atom. The van der Waals surface area contributed by atoms with E-state index < -0.39 is 5.82 Å². The van der Waals surface area contributed by atoms with Crippen LogP contribution >= 0.6 is 11.6 Å². The molecular formula is C19H19ClFN5O2. The molecule has 0 spiro atoms. The number of carbonyl (C=O) groups is 1. The third kappa shape index (κ3) is 3.79. The molecule has 3 N–H and O–H groups in total. The molecular weight excluding hydrogens is 385 g/mol. The first-order valence-corrected chi connectivity index (χ1v) is 9.30. The van der Waals surface area contributed by atoms with Crippen molar-refractivity contribution in [3.63, 3.8) is 0 Å². The van der Waals surface area contributed by atoms with Crippen molar-refractivity contribution in [1.29, 1.82) is 0 Å². The molecule has 2 aliphatic rings. The molecule has 9 heteroatoms. The average Bonchev–Trinajstić information content (AvgIpc) is 3.32. The number of benzene rings is 1. The van der Waals surface area contributed by atoms with E-state index in [9.17, 15) is 9.18 Å². The SMILES string of the molecule is NC1=C(c2ncc(Cl)cn2)CN(C(=O)c2ccc(F)cc2O[C@@H]2CCNC2)C1. The van der Waals surface area contributed by atoms with Crippen molar-refractivity contribution >= 4 is 23.1 Å². The van der Waals surface area contributed by atoms with Crippen LogP contribution in [0.15, 0.2) is 36.3 Å². The van der Waals surface area contributed by atoms with Crippen molar-refractivity contribution in [3.05, 3.63) is 58.5 Å². The second-order valence-electron chi connectivity index (χ2n) is 6.76. The highest BCUT2D eigenvalue weighted by atomic mass is 35.5. The second-order valence-corrected chi connectivity index (χ2v) is 7.20. The fourth-order valence-corrected chi connectivity index (χ4v) is 3.42. The lowest BCUT2D eigenvalue weighted by Gasteiger charge is -2.20. The van der Waals surface area contributed by atoms with Gasteiger partial charge in [0.2, 0.25) is 0 Å². The van der Waals surface area contributed by atoms with Gasteiger partial charge in [0.1, 0.15) is 17.7 Å². The van der Waals surface area contributed by atoms with Crippen LogP contribution < -0.4 is 15.8 Å². The fourth-order valence-electron chi connectivity index (χ4n) is 3.32. The highest BCUT2D eigenvalue weighted by Crippen LogP contribution is 2.28. The molecule has 0 saturated carbocycles. The number of hydrogen-bond acceptors (Lipinski definition) is 6. The van der Waals surface area contributed by atoms with E-state index in [1.807, 2.05) is 0 Å². The van der Waals surface area contributed by atoms with Gasteiger partial charge in [-0.15, -0.1) is 0 Å². The maximum Gasteiger partial charge on any atom is 0.258 e. The molecule has 2 aliphatic heterocycles. The standard InChI is InChI=1S/C19H19ClFN5O2/c20-11-6-24-18(25-7-11)15-9-26(10-16(15)22)19(27)14-2-1-12(21)5-17(14)28-13-3-4-23-8-13/h1-2,5-7,13,23H,3-4,8-10,22H2/t13-/m1/s1. The average molecular weight is 404 g/mol. The summed E-state index contributed by atoms with van der Waals surface area (Å²) in [5, 5.41) is 3.60. The monoisotopic (exact) mass is 403 g/mol. The largest absolute Gasteiger partial charge is 0.488 e. The maximum absolute atomic E-state index is 13.8. The summed E-state index contributed by atoms with van der Waals surface area (Å²) in [6.45, 7) is 2.00. The van der Waals surface area contributed by atoms with E-state index in [4.69, 9.17) is 22.1 Å². The van der Waals surface area contributed by atoms with Gasteiger partial charge in [-0.3, -0.25) is 4.79 Å². The molecule has 1 aromatic carbocycles. The van der Waals surface area contributed by atoms with E-state index >= 15 is 0 Å². The van der Waals surface area contributed by atoms with Gasteiger partial charge in [-0.05, 0) is 25.1 Å². The van der Waals surface area contributed by atoms with Crippen molar-refractivity contribution in [2.45, 2.75) is 12.5 Å². The molecule has 0 radical (unpaired) electrons. The lowest BCUT2D eigenvalue weighted by atomic mass is 10.1. The quantitative estimate of drug-likeness (QED) is 0.809. The molecule has 1 atom stereocenters. The first-order valence-electron chi connectivity index (χ1n) is 8.93. The number of carbonyl (C=O) groups excluding carboxylic acids is 1. The highest BCUT2D eigenvalue weighted by molar-refractivity contribution is 6.30. The first kappa shape index (κ1) is 18.6. The normalized spacial score (nSPS) is 19.4. The zero-order valence-electron chi connectivity index (χ0n) is 15.0. The van der Waals surface area contributed by atoms with Crippen molar-refractivity contribution in [3.8, 4) is 5.75 Å².